The number of ether oxygens (including phenoxy) is 3. The number of nitrogens with zero attached hydrogens (tertiary/aromatic N) is 5. The average molecular weight is 590 g/mol. The maximum atomic E-state index is 11.7. The molecule has 0 aliphatic carbocycles. The number of aromatic nitrogens is 3. The van der Waals surface area contributed by atoms with Crippen molar-refractivity contribution in [2.45, 2.75) is 32.6 Å². The predicted molar refractivity (Wildman–Crippen MR) is 164 cm³/mol. The zero-order chi connectivity index (χ0) is 30.6. The monoisotopic (exact) mass is 589 g/mol. The Bertz CT molecular complexity index is 1570. The van der Waals surface area contributed by atoms with Gasteiger partial charge in [-0.1, -0.05) is 25.9 Å². The molecule has 12 nitrogen and oxygen atoms in total. The summed E-state index contributed by atoms with van der Waals surface area (Å²) in [5, 5.41) is 7.54. The maximum Gasteiger partial charge on any atom is 0.316 e. The lowest BCUT2D eigenvalue weighted by atomic mass is 9.92. The van der Waals surface area contributed by atoms with Crippen LogP contribution in [0.3, 0.4) is 0 Å². The summed E-state index contributed by atoms with van der Waals surface area (Å²) in [4.78, 5) is 25.3. The SMILES string of the molecule is COc1cc2ncnc(Oc3ccc(NC(N)=O)c(-c4cc(C(C)(C)C)on4)c3)c2cc1OCCCN1CCN(C)CC1. The largest absolute Gasteiger partial charge is 0.493 e. The van der Waals surface area contributed by atoms with Crippen LogP contribution in [0.15, 0.2) is 47.2 Å². The van der Waals surface area contributed by atoms with Gasteiger partial charge >= 0.3 is 6.03 Å². The van der Waals surface area contributed by atoms with Crippen LogP contribution in [-0.2, 0) is 5.41 Å². The zero-order valence-corrected chi connectivity index (χ0v) is 25.3. The Morgan fingerprint density at radius 3 is 2.56 bits per heavy atom. The van der Waals surface area contributed by atoms with Crippen molar-refractivity contribution < 1.29 is 23.5 Å². The van der Waals surface area contributed by atoms with E-state index < -0.39 is 6.03 Å². The molecule has 3 heterocycles. The normalized spacial score (nSPS) is 14.5. The molecule has 43 heavy (non-hydrogen) atoms. The number of nitrogens with one attached hydrogen (secondary N) is 1. The molecule has 0 radical (unpaired) electrons. The van der Waals surface area contributed by atoms with Gasteiger partial charge in [0.1, 0.15) is 23.5 Å². The Balaban J connectivity index is 1.39. The number of hydrogen-bond acceptors (Lipinski definition) is 10. The number of carbonyl (C=O) groups is 1. The molecule has 5 rings (SSSR count). The summed E-state index contributed by atoms with van der Waals surface area (Å²) >= 11 is 0. The van der Waals surface area contributed by atoms with Crippen molar-refractivity contribution in [3.05, 3.63) is 48.5 Å². The van der Waals surface area contributed by atoms with Crippen LogP contribution in [0.5, 0.6) is 23.1 Å². The molecular weight excluding hydrogens is 550 g/mol. The molecular formula is C31H39N7O5. The fourth-order valence-electron chi connectivity index (χ4n) is 4.84. The van der Waals surface area contributed by atoms with E-state index in [2.05, 4.69) is 37.3 Å². The number of methoxy groups -OCH3 is 1. The van der Waals surface area contributed by atoms with Gasteiger partial charge in [0.15, 0.2) is 11.5 Å². The molecule has 0 saturated carbocycles. The number of benzene rings is 2. The maximum absolute atomic E-state index is 11.7. The number of anilines is 1. The first kappa shape index (κ1) is 30.1. The van der Waals surface area contributed by atoms with Crippen LogP contribution >= 0.6 is 0 Å². The van der Waals surface area contributed by atoms with Crippen molar-refractivity contribution in [3.8, 4) is 34.4 Å². The number of urea groups is 1. The van der Waals surface area contributed by atoms with Gasteiger partial charge in [-0.05, 0) is 37.7 Å². The highest BCUT2D eigenvalue weighted by Gasteiger charge is 2.22. The van der Waals surface area contributed by atoms with Crippen LogP contribution in [0.2, 0.25) is 0 Å². The minimum absolute atomic E-state index is 0.248. The van der Waals surface area contributed by atoms with Gasteiger partial charge < -0.3 is 39.6 Å². The van der Waals surface area contributed by atoms with E-state index in [0.29, 0.717) is 63.3 Å². The lowest BCUT2D eigenvalue weighted by Crippen LogP contribution is -2.44. The molecule has 0 atom stereocenters. The van der Waals surface area contributed by atoms with Gasteiger partial charge in [-0.3, -0.25) is 0 Å². The number of hydrogen-bond donors (Lipinski definition) is 2. The first-order valence-corrected chi connectivity index (χ1v) is 14.3. The Morgan fingerprint density at radius 2 is 1.86 bits per heavy atom. The molecule has 1 saturated heterocycles. The highest BCUT2D eigenvalue weighted by molar-refractivity contribution is 5.93. The van der Waals surface area contributed by atoms with Crippen molar-refractivity contribution in [1.82, 2.24) is 24.9 Å². The average Bonchev–Trinajstić information content (AvgIpc) is 3.48. The van der Waals surface area contributed by atoms with E-state index in [4.69, 9.17) is 24.5 Å². The van der Waals surface area contributed by atoms with E-state index in [-0.39, 0.29) is 5.41 Å². The fraction of sp³-hybridized carbons (Fsp3) is 0.419. The lowest BCUT2D eigenvalue weighted by Gasteiger charge is -2.32. The third-order valence-corrected chi connectivity index (χ3v) is 7.35. The van der Waals surface area contributed by atoms with Crippen LogP contribution < -0.4 is 25.3 Å². The molecule has 1 aliphatic rings. The minimum Gasteiger partial charge on any atom is -0.493 e. The van der Waals surface area contributed by atoms with E-state index in [9.17, 15) is 4.79 Å². The van der Waals surface area contributed by atoms with Crippen molar-refractivity contribution in [1.29, 1.82) is 0 Å². The second-order valence-corrected chi connectivity index (χ2v) is 11.7. The van der Waals surface area contributed by atoms with Crippen molar-refractivity contribution in [2.75, 3.05) is 58.8 Å². The van der Waals surface area contributed by atoms with Gasteiger partial charge in [-0.25, -0.2) is 14.8 Å². The Hall–Kier alpha value is -4.42. The minimum atomic E-state index is -0.693. The standard InChI is InChI=1S/C31H39N7O5/c1-31(2,3)28-18-25(36-43-28)21-15-20(7-8-23(21)35-30(32)39)42-29-22-16-27(26(40-5)17-24(22)33-19-34-29)41-14-6-9-38-12-10-37(4)11-13-38/h7-8,15-19H,6,9-14H2,1-5H3,(H3,32,35,39). The summed E-state index contributed by atoms with van der Waals surface area (Å²) in [6, 6.07) is 9.97. The second-order valence-electron chi connectivity index (χ2n) is 11.7. The summed E-state index contributed by atoms with van der Waals surface area (Å²) in [5.74, 6) is 2.68. The molecule has 2 amide bonds. The first-order valence-electron chi connectivity index (χ1n) is 14.3. The molecule has 12 heteroatoms. The number of rotatable bonds is 10. The third kappa shape index (κ3) is 7.33. The van der Waals surface area contributed by atoms with Crippen LogP contribution in [0.4, 0.5) is 10.5 Å². The number of carbonyl (C=O) groups excluding carboxylic acids is 1. The van der Waals surface area contributed by atoms with Gasteiger partial charge in [0, 0.05) is 55.8 Å². The van der Waals surface area contributed by atoms with Crippen LogP contribution in [0, 0.1) is 0 Å². The summed E-state index contributed by atoms with van der Waals surface area (Å²) < 4.78 is 23.6. The van der Waals surface area contributed by atoms with Gasteiger partial charge in [0.2, 0.25) is 5.88 Å². The van der Waals surface area contributed by atoms with Gasteiger partial charge in [-0.15, -0.1) is 0 Å². The zero-order valence-electron chi connectivity index (χ0n) is 25.3. The second kappa shape index (κ2) is 12.8. The van der Waals surface area contributed by atoms with E-state index in [1.807, 2.05) is 39.0 Å². The predicted octanol–water partition coefficient (Wildman–Crippen LogP) is 4.89. The number of nitrogens with two attached hydrogens (primary N) is 1. The van der Waals surface area contributed by atoms with E-state index in [0.717, 1.165) is 39.1 Å². The van der Waals surface area contributed by atoms with Crippen molar-refractivity contribution in [2.24, 2.45) is 5.73 Å². The molecule has 0 spiro atoms. The molecule has 2 aromatic heterocycles. The molecule has 0 unspecified atom stereocenters. The fourth-order valence-corrected chi connectivity index (χ4v) is 4.84. The van der Waals surface area contributed by atoms with E-state index in [1.54, 1.807) is 25.3 Å². The molecule has 1 fully saturated rings. The number of amides is 2. The number of likely N-dealkylation sites (N-methyl/N-ethyl adjacent to an activating group) is 1. The van der Waals surface area contributed by atoms with Crippen LogP contribution in [-0.4, -0.2) is 84.4 Å². The Labute approximate surface area is 251 Å². The Kier molecular flexibility index (Phi) is 8.97. The number of piperazine rings is 1. The summed E-state index contributed by atoms with van der Waals surface area (Å²) in [7, 11) is 3.76. The first-order chi connectivity index (χ1) is 20.6. The number of primary amides is 1. The van der Waals surface area contributed by atoms with Gasteiger partial charge in [0.25, 0.3) is 0 Å². The molecule has 0 bridgehead atoms. The van der Waals surface area contributed by atoms with Crippen molar-refractivity contribution >= 4 is 22.6 Å². The lowest BCUT2D eigenvalue weighted by molar-refractivity contribution is 0.145. The van der Waals surface area contributed by atoms with Crippen molar-refractivity contribution in [3.63, 3.8) is 0 Å². The molecule has 3 N–H and O–H groups in total. The molecule has 4 aromatic rings. The quantitative estimate of drug-likeness (QED) is 0.246. The van der Waals surface area contributed by atoms with E-state index >= 15 is 0 Å². The topological polar surface area (TPSA) is 141 Å². The van der Waals surface area contributed by atoms with E-state index in [1.165, 1.54) is 6.33 Å². The highest BCUT2D eigenvalue weighted by atomic mass is 16.5. The summed E-state index contributed by atoms with van der Waals surface area (Å²) in [6.07, 6.45) is 2.33. The van der Waals surface area contributed by atoms with Gasteiger partial charge in [0.05, 0.1) is 30.3 Å². The van der Waals surface area contributed by atoms with Crippen LogP contribution in [0.1, 0.15) is 33.0 Å². The summed E-state index contributed by atoms with van der Waals surface area (Å²) in [6.45, 7) is 11.9. The third-order valence-electron chi connectivity index (χ3n) is 7.35. The smallest absolute Gasteiger partial charge is 0.316 e. The summed E-state index contributed by atoms with van der Waals surface area (Å²) in [5.41, 5.74) is 7.41. The molecule has 2 aromatic carbocycles. The highest BCUT2D eigenvalue weighted by Crippen LogP contribution is 2.38. The van der Waals surface area contributed by atoms with Crippen LogP contribution in [0.25, 0.3) is 22.2 Å². The number of fused-ring (bicyclic) bond motifs is 1. The molecule has 228 valence electrons. The molecule has 1 aliphatic heterocycles. The van der Waals surface area contributed by atoms with Gasteiger partial charge in [-0.2, -0.15) is 0 Å². The Morgan fingerprint density at radius 1 is 1.07 bits per heavy atom.